The number of ether oxygens (including phenoxy) is 1. The third-order valence-corrected chi connectivity index (χ3v) is 3.42. The van der Waals surface area contributed by atoms with Crippen molar-refractivity contribution in [3.05, 3.63) is 0 Å². The van der Waals surface area contributed by atoms with Crippen molar-refractivity contribution in [1.82, 2.24) is 10.2 Å². The molecule has 0 rings (SSSR count). The summed E-state index contributed by atoms with van der Waals surface area (Å²) in [6, 6.07) is 0. The van der Waals surface area contributed by atoms with Crippen LogP contribution in [0.4, 0.5) is 0 Å². The number of nitrogens with one attached hydrogen (secondary N) is 1. The van der Waals surface area contributed by atoms with E-state index in [-0.39, 0.29) is 29.5 Å². The van der Waals surface area contributed by atoms with Crippen LogP contribution in [-0.4, -0.2) is 57.3 Å². The Bertz CT molecular complexity index is 230. The maximum Gasteiger partial charge on any atom is 0.188 e. The van der Waals surface area contributed by atoms with E-state index < -0.39 is 0 Å². The number of guanidine groups is 1. The van der Waals surface area contributed by atoms with Gasteiger partial charge < -0.3 is 20.7 Å². The highest BCUT2D eigenvalue weighted by atomic mass is 127. The first-order valence-electron chi connectivity index (χ1n) is 6.22. The van der Waals surface area contributed by atoms with E-state index in [1.807, 2.05) is 0 Å². The number of nitrogens with two attached hydrogens (primary N) is 1. The van der Waals surface area contributed by atoms with Crippen LogP contribution in [0, 0.1) is 0 Å². The van der Waals surface area contributed by atoms with Gasteiger partial charge in [-0.25, -0.2) is 0 Å². The van der Waals surface area contributed by atoms with Crippen LogP contribution in [0.2, 0.25) is 0 Å². The molecule has 0 unspecified atom stereocenters. The summed E-state index contributed by atoms with van der Waals surface area (Å²) in [5, 5.41) is 3.03. The second kappa shape index (κ2) is 10.8. The van der Waals surface area contributed by atoms with Crippen LogP contribution in [0.1, 0.15) is 26.7 Å². The second-order valence-corrected chi connectivity index (χ2v) is 4.45. The molecule has 110 valence electrons. The molecule has 5 nitrogen and oxygen atoms in total. The lowest BCUT2D eigenvalue weighted by molar-refractivity contribution is 0.148. The lowest BCUT2D eigenvalue weighted by atomic mass is 9.91. The highest BCUT2D eigenvalue weighted by Crippen LogP contribution is 2.21. The zero-order valence-corrected chi connectivity index (χ0v) is 14.7. The summed E-state index contributed by atoms with van der Waals surface area (Å²) >= 11 is 0. The summed E-state index contributed by atoms with van der Waals surface area (Å²) in [4.78, 5) is 6.65. The molecule has 0 heterocycles. The van der Waals surface area contributed by atoms with Crippen molar-refractivity contribution in [3.8, 4) is 0 Å². The summed E-state index contributed by atoms with van der Waals surface area (Å²) < 4.78 is 4.94. The fourth-order valence-electron chi connectivity index (χ4n) is 1.82. The summed E-state index contributed by atoms with van der Waals surface area (Å²) in [5.74, 6) is 0.496. The van der Waals surface area contributed by atoms with E-state index in [2.05, 4.69) is 43.2 Å². The van der Waals surface area contributed by atoms with Gasteiger partial charge in [0.2, 0.25) is 0 Å². The lowest BCUT2D eigenvalue weighted by Gasteiger charge is -2.37. The van der Waals surface area contributed by atoms with Gasteiger partial charge in [-0.1, -0.05) is 13.8 Å². The fraction of sp³-hybridized carbons (Fsp3) is 0.917. The summed E-state index contributed by atoms with van der Waals surface area (Å²) in [6.07, 6.45) is 2.12. The Balaban J connectivity index is 0. The zero-order chi connectivity index (χ0) is 13.3. The maximum atomic E-state index is 5.80. The van der Waals surface area contributed by atoms with Gasteiger partial charge in [-0.05, 0) is 26.9 Å². The molecule has 0 radical (unpaired) electrons. The molecule has 18 heavy (non-hydrogen) atoms. The Hall–Kier alpha value is -0.0800. The van der Waals surface area contributed by atoms with Crippen LogP contribution in [0.15, 0.2) is 4.99 Å². The van der Waals surface area contributed by atoms with Crippen LogP contribution in [0.5, 0.6) is 0 Å². The Morgan fingerprint density at radius 1 is 1.33 bits per heavy atom. The van der Waals surface area contributed by atoms with E-state index in [4.69, 9.17) is 10.5 Å². The van der Waals surface area contributed by atoms with Crippen molar-refractivity contribution in [2.75, 3.05) is 40.9 Å². The average molecular weight is 372 g/mol. The minimum atomic E-state index is 0. The molecule has 0 bridgehead atoms. The van der Waals surface area contributed by atoms with E-state index in [1.165, 1.54) is 0 Å². The van der Waals surface area contributed by atoms with Crippen molar-refractivity contribution in [1.29, 1.82) is 0 Å². The SMILES string of the molecule is CCC(CC)(CN=C(N)NCCOC)N(C)C.I. The predicted octanol–water partition coefficient (Wildman–Crippen LogP) is 1.28. The number of nitrogens with zero attached hydrogens (tertiary/aromatic N) is 2. The molecule has 0 aromatic rings. The van der Waals surface area contributed by atoms with Crippen LogP contribution < -0.4 is 11.1 Å². The Morgan fingerprint density at radius 2 is 1.89 bits per heavy atom. The molecular formula is C12H29IN4O. The van der Waals surface area contributed by atoms with Gasteiger partial charge in [0, 0.05) is 19.2 Å². The van der Waals surface area contributed by atoms with Crippen molar-refractivity contribution in [2.45, 2.75) is 32.2 Å². The Labute approximate surface area is 129 Å². The number of aliphatic imine (C=N–C) groups is 1. The van der Waals surface area contributed by atoms with Gasteiger partial charge in [0.25, 0.3) is 0 Å². The van der Waals surface area contributed by atoms with E-state index in [9.17, 15) is 0 Å². The number of hydrogen-bond donors (Lipinski definition) is 2. The number of likely N-dealkylation sites (N-methyl/N-ethyl adjacent to an activating group) is 1. The van der Waals surface area contributed by atoms with Crippen LogP contribution >= 0.6 is 24.0 Å². The zero-order valence-electron chi connectivity index (χ0n) is 12.3. The topological polar surface area (TPSA) is 62.9 Å². The van der Waals surface area contributed by atoms with Crippen molar-refractivity contribution < 1.29 is 4.74 Å². The molecule has 0 aromatic heterocycles. The smallest absolute Gasteiger partial charge is 0.188 e. The third-order valence-electron chi connectivity index (χ3n) is 3.42. The molecule has 0 atom stereocenters. The lowest BCUT2D eigenvalue weighted by Crippen LogP contribution is -2.47. The van der Waals surface area contributed by atoms with Gasteiger partial charge in [-0.3, -0.25) is 4.99 Å². The number of methoxy groups -OCH3 is 1. The normalized spacial score (nSPS) is 12.4. The molecule has 0 spiro atoms. The Kier molecular flexibility index (Phi) is 12.2. The second-order valence-electron chi connectivity index (χ2n) is 4.45. The van der Waals surface area contributed by atoms with E-state index in [0.717, 1.165) is 19.4 Å². The van der Waals surface area contributed by atoms with E-state index in [0.29, 0.717) is 19.1 Å². The highest BCUT2D eigenvalue weighted by Gasteiger charge is 2.28. The molecule has 0 fully saturated rings. The molecule has 0 aliphatic heterocycles. The first-order chi connectivity index (χ1) is 8.02. The van der Waals surface area contributed by atoms with Crippen LogP contribution in [0.25, 0.3) is 0 Å². The standard InChI is InChI=1S/C12H28N4O.HI/c1-6-12(7-2,16(3)4)10-15-11(13)14-8-9-17-5;/h6-10H2,1-5H3,(H3,13,14,15);1H. The molecule has 6 heteroatoms. The largest absolute Gasteiger partial charge is 0.383 e. The minimum absolute atomic E-state index is 0. The van der Waals surface area contributed by atoms with Gasteiger partial charge >= 0.3 is 0 Å². The highest BCUT2D eigenvalue weighted by molar-refractivity contribution is 14.0. The quantitative estimate of drug-likeness (QED) is 0.292. The van der Waals surface area contributed by atoms with Crippen molar-refractivity contribution in [2.24, 2.45) is 10.7 Å². The molecule has 0 saturated heterocycles. The van der Waals surface area contributed by atoms with Gasteiger partial charge in [0.15, 0.2) is 5.96 Å². The molecular weight excluding hydrogens is 343 g/mol. The van der Waals surface area contributed by atoms with Crippen LogP contribution in [-0.2, 0) is 4.74 Å². The van der Waals surface area contributed by atoms with Crippen molar-refractivity contribution >= 4 is 29.9 Å². The first-order valence-corrected chi connectivity index (χ1v) is 6.22. The monoisotopic (exact) mass is 372 g/mol. The van der Waals surface area contributed by atoms with Gasteiger partial charge in [0.1, 0.15) is 0 Å². The van der Waals surface area contributed by atoms with Crippen molar-refractivity contribution in [3.63, 3.8) is 0 Å². The summed E-state index contributed by atoms with van der Waals surface area (Å²) in [6.45, 7) is 6.43. The third kappa shape index (κ3) is 6.75. The predicted molar refractivity (Wildman–Crippen MR) is 88.8 cm³/mol. The van der Waals surface area contributed by atoms with Gasteiger partial charge in [-0.15, -0.1) is 24.0 Å². The van der Waals surface area contributed by atoms with Gasteiger partial charge in [-0.2, -0.15) is 0 Å². The molecule has 0 aromatic carbocycles. The molecule has 0 aliphatic rings. The summed E-state index contributed by atoms with van der Waals surface area (Å²) in [7, 11) is 5.86. The van der Waals surface area contributed by atoms with E-state index >= 15 is 0 Å². The van der Waals surface area contributed by atoms with Crippen LogP contribution in [0.3, 0.4) is 0 Å². The fourth-order valence-corrected chi connectivity index (χ4v) is 1.82. The average Bonchev–Trinajstić information content (AvgIpc) is 2.31. The molecule has 3 N–H and O–H groups in total. The first kappa shape index (κ1) is 20.2. The summed E-state index contributed by atoms with van der Waals surface area (Å²) in [5.41, 5.74) is 5.90. The minimum Gasteiger partial charge on any atom is -0.383 e. The molecule has 0 amide bonds. The number of halogens is 1. The Morgan fingerprint density at radius 3 is 2.28 bits per heavy atom. The molecule has 0 saturated carbocycles. The maximum absolute atomic E-state index is 5.80. The molecule has 0 aliphatic carbocycles. The van der Waals surface area contributed by atoms with Gasteiger partial charge in [0.05, 0.1) is 13.2 Å². The van der Waals surface area contributed by atoms with E-state index in [1.54, 1.807) is 7.11 Å². The number of hydrogen-bond acceptors (Lipinski definition) is 3. The number of rotatable bonds is 8.